The zero-order chi connectivity index (χ0) is 19.2. The molecule has 0 unspecified atom stereocenters. The lowest BCUT2D eigenvalue weighted by Gasteiger charge is -2.40. The normalized spacial score (nSPS) is 18.1. The van der Waals surface area contributed by atoms with Crippen LogP contribution in [0.25, 0.3) is 0 Å². The number of hydrogen-bond donors (Lipinski definition) is 0. The van der Waals surface area contributed by atoms with E-state index < -0.39 is 0 Å². The van der Waals surface area contributed by atoms with Gasteiger partial charge in [-0.3, -0.25) is 4.79 Å². The molecule has 0 aliphatic carbocycles. The smallest absolute Gasteiger partial charge is 0.320 e. The third kappa shape index (κ3) is 4.70. The molecule has 0 saturated carbocycles. The maximum Gasteiger partial charge on any atom is 0.320 e. The van der Waals surface area contributed by atoms with Crippen molar-refractivity contribution >= 4 is 17.7 Å². The van der Waals surface area contributed by atoms with Crippen molar-refractivity contribution in [1.29, 1.82) is 5.26 Å². The van der Waals surface area contributed by atoms with E-state index in [1.807, 2.05) is 34.1 Å². The second kappa shape index (κ2) is 8.76. The minimum atomic E-state index is -0.168. The molecule has 144 valence electrons. The summed E-state index contributed by atoms with van der Waals surface area (Å²) in [5.41, 5.74) is 1.74. The minimum absolute atomic E-state index is 0.103. The highest BCUT2D eigenvalue weighted by atomic mass is 16.5. The molecular weight excluding hydrogens is 344 g/mol. The van der Waals surface area contributed by atoms with Crippen LogP contribution in [0, 0.1) is 17.2 Å². The van der Waals surface area contributed by atoms with Crippen LogP contribution in [0.1, 0.15) is 24.8 Å². The number of piperidine rings is 1. The number of nitrogens with zero attached hydrogens (tertiary/aromatic N) is 4. The lowest BCUT2D eigenvalue weighted by atomic mass is 9.94. The highest BCUT2D eigenvalue weighted by Gasteiger charge is 2.29. The first kappa shape index (κ1) is 19.0. The Hall–Kier alpha value is -2.75. The number of hydrogen-bond acceptors (Lipinski definition) is 5. The number of ether oxygens (including phenoxy) is 1. The number of urea groups is 1. The summed E-state index contributed by atoms with van der Waals surface area (Å²) in [6, 6.07) is 9.80. The quantitative estimate of drug-likeness (QED) is 0.762. The Bertz CT molecular complexity index is 697. The number of nitriles is 1. The largest absolute Gasteiger partial charge is 0.469 e. The van der Waals surface area contributed by atoms with Crippen LogP contribution in [0.15, 0.2) is 24.3 Å². The second-order valence-corrected chi connectivity index (χ2v) is 7.13. The summed E-state index contributed by atoms with van der Waals surface area (Å²) in [5, 5.41) is 8.90. The molecule has 2 aliphatic heterocycles. The fourth-order valence-corrected chi connectivity index (χ4v) is 3.75. The van der Waals surface area contributed by atoms with Gasteiger partial charge in [-0.05, 0) is 43.0 Å². The van der Waals surface area contributed by atoms with Crippen LogP contribution in [0.2, 0.25) is 0 Å². The Morgan fingerprint density at radius 2 is 1.63 bits per heavy atom. The number of benzene rings is 1. The van der Waals surface area contributed by atoms with Crippen LogP contribution in [-0.2, 0) is 9.53 Å². The molecule has 0 bridgehead atoms. The fourth-order valence-electron chi connectivity index (χ4n) is 3.75. The predicted octanol–water partition coefficient (Wildman–Crippen LogP) is 2.08. The average Bonchev–Trinajstić information content (AvgIpc) is 2.74. The van der Waals surface area contributed by atoms with Crippen molar-refractivity contribution in [2.24, 2.45) is 5.92 Å². The Labute approximate surface area is 160 Å². The molecule has 2 saturated heterocycles. The molecule has 27 heavy (non-hydrogen) atoms. The van der Waals surface area contributed by atoms with Gasteiger partial charge in [0.05, 0.1) is 18.7 Å². The third-order valence-electron chi connectivity index (χ3n) is 5.48. The zero-order valence-corrected chi connectivity index (χ0v) is 15.8. The number of piperazine rings is 1. The Morgan fingerprint density at radius 1 is 1.04 bits per heavy atom. The number of carbonyl (C=O) groups excluding carboxylic acids is 2. The van der Waals surface area contributed by atoms with Gasteiger partial charge in [-0.25, -0.2) is 4.79 Å². The molecule has 2 aliphatic rings. The summed E-state index contributed by atoms with van der Waals surface area (Å²) in [7, 11) is 1.42. The fraction of sp³-hybridized carbons (Fsp3) is 0.550. The molecule has 2 heterocycles. The molecule has 0 N–H and O–H groups in total. The van der Waals surface area contributed by atoms with E-state index in [-0.39, 0.29) is 12.0 Å². The van der Waals surface area contributed by atoms with Crippen molar-refractivity contribution in [2.45, 2.75) is 19.3 Å². The third-order valence-corrected chi connectivity index (χ3v) is 5.48. The van der Waals surface area contributed by atoms with Gasteiger partial charge in [-0.2, -0.15) is 5.26 Å². The van der Waals surface area contributed by atoms with E-state index >= 15 is 0 Å². The summed E-state index contributed by atoms with van der Waals surface area (Å²) < 4.78 is 4.73. The van der Waals surface area contributed by atoms with Gasteiger partial charge in [0, 0.05) is 51.4 Å². The van der Waals surface area contributed by atoms with Gasteiger partial charge < -0.3 is 19.4 Å². The highest BCUT2D eigenvalue weighted by Crippen LogP contribution is 2.23. The Morgan fingerprint density at radius 3 is 2.19 bits per heavy atom. The molecule has 1 aromatic rings. The van der Waals surface area contributed by atoms with Crippen molar-refractivity contribution in [3.8, 4) is 6.07 Å². The maximum atomic E-state index is 12.8. The number of likely N-dealkylation sites (tertiary alicyclic amines) is 1. The molecular formula is C20H26N4O3. The number of rotatable bonds is 3. The molecule has 0 spiro atoms. The Balaban J connectivity index is 1.46. The first-order valence-electron chi connectivity index (χ1n) is 9.46. The van der Waals surface area contributed by atoms with Gasteiger partial charge in [0.15, 0.2) is 0 Å². The van der Waals surface area contributed by atoms with Gasteiger partial charge in [0.1, 0.15) is 0 Å². The zero-order valence-electron chi connectivity index (χ0n) is 15.8. The molecule has 3 rings (SSSR count). The average molecular weight is 370 g/mol. The van der Waals surface area contributed by atoms with E-state index in [9.17, 15) is 9.59 Å². The SMILES string of the molecule is COC(=O)CC1CCN(C(=O)N2CCN(c3ccc(C#N)cc3)CC2)CC1. The molecule has 2 amide bonds. The molecule has 7 nitrogen and oxygen atoms in total. The van der Waals surface area contributed by atoms with E-state index in [0.717, 1.165) is 31.6 Å². The lowest BCUT2D eigenvalue weighted by molar-refractivity contribution is -0.142. The van der Waals surface area contributed by atoms with E-state index in [0.29, 0.717) is 44.1 Å². The van der Waals surface area contributed by atoms with E-state index in [1.54, 1.807) is 0 Å². The van der Waals surface area contributed by atoms with E-state index in [1.165, 1.54) is 7.11 Å². The molecule has 0 atom stereocenters. The van der Waals surface area contributed by atoms with Crippen LogP contribution in [0.5, 0.6) is 0 Å². The molecule has 7 heteroatoms. The Kier molecular flexibility index (Phi) is 6.17. The molecule has 1 aromatic carbocycles. The second-order valence-electron chi connectivity index (χ2n) is 7.13. The standard InChI is InChI=1S/C20H26N4O3/c1-27-19(25)14-16-6-8-23(9-7-16)20(26)24-12-10-22(11-13-24)18-4-2-17(15-21)3-5-18/h2-5,16H,6-14H2,1H3. The summed E-state index contributed by atoms with van der Waals surface area (Å²) in [6.45, 7) is 4.38. The lowest BCUT2D eigenvalue weighted by Crippen LogP contribution is -2.54. The first-order chi connectivity index (χ1) is 13.1. The summed E-state index contributed by atoms with van der Waals surface area (Å²) in [6.07, 6.45) is 2.15. The van der Waals surface area contributed by atoms with Crippen molar-refractivity contribution < 1.29 is 14.3 Å². The van der Waals surface area contributed by atoms with Gasteiger partial charge >= 0.3 is 12.0 Å². The molecule has 0 radical (unpaired) electrons. The van der Waals surface area contributed by atoms with Crippen molar-refractivity contribution in [2.75, 3.05) is 51.3 Å². The number of anilines is 1. The monoisotopic (exact) mass is 370 g/mol. The van der Waals surface area contributed by atoms with Crippen molar-refractivity contribution in [3.63, 3.8) is 0 Å². The predicted molar refractivity (Wildman–Crippen MR) is 101 cm³/mol. The van der Waals surface area contributed by atoms with Crippen LogP contribution >= 0.6 is 0 Å². The maximum absolute atomic E-state index is 12.8. The number of carbonyl (C=O) groups is 2. The van der Waals surface area contributed by atoms with Crippen molar-refractivity contribution in [1.82, 2.24) is 9.80 Å². The van der Waals surface area contributed by atoms with E-state index in [4.69, 9.17) is 10.00 Å². The van der Waals surface area contributed by atoms with Crippen molar-refractivity contribution in [3.05, 3.63) is 29.8 Å². The highest BCUT2D eigenvalue weighted by molar-refractivity contribution is 5.75. The number of amides is 2. The van der Waals surface area contributed by atoms with Gasteiger partial charge in [-0.15, -0.1) is 0 Å². The summed E-state index contributed by atoms with van der Waals surface area (Å²) in [5.74, 6) is 0.147. The minimum Gasteiger partial charge on any atom is -0.469 e. The van der Waals surface area contributed by atoms with Crippen LogP contribution in [-0.4, -0.2) is 68.2 Å². The summed E-state index contributed by atoms with van der Waals surface area (Å²) in [4.78, 5) is 30.2. The first-order valence-corrected chi connectivity index (χ1v) is 9.46. The van der Waals surface area contributed by atoms with E-state index in [2.05, 4.69) is 11.0 Å². The summed E-state index contributed by atoms with van der Waals surface area (Å²) >= 11 is 0. The van der Waals surface area contributed by atoms with Gasteiger partial charge in [0.25, 0.3) is 0 Å². The van der Waals surface area contributed by atoms with Crippen LogP contribution in [0.4, 0.5) is 10.5 Å². The topological polar surface area (TPSA) is 76.9 Å². The van der Waals surface area contributed by atoms with Crippen LogP contribution < -0.4 is 4.90 Å². The number of methoxy groups -OCH3 is 1. The van der Waals surface area contributed by atoms with Gasteiger partial charge in [-0.1, -0.05) is 0 Å². The molecule has 0 aromatic heterocycles. The number of esters is 1. The van der Waals surface area contributed by atoms with Gasteiger partial charge in [0.2, 0.25) is 0 Å². The molecule has 2 fully saturated rings. The van der Waals surface area contributed by atoms with Crippen LogP contribution in [0.3, 0.4) is 0 Å².